The zero-order valence-electron chi connectivity index (χ0n) is 10.4. The lowest BCUT2D eigenvalue weighted by Crippen LogP contribution is -2.09. The summed E-state index contributed by atoms with van der Waals surface area (Å²) in [5, 5.41) is 0.474. The van der Waals surface area contributed by atoms with Crippen molar-refractivity contribution in [2.24, 2.45) is 0 Å². The predicted molar refractivity (Wildman–Crippen MR) is 74.5 cm³/mol. The van der Waals surface area contributed by atoms with E-state index in [-0.39, 0.29) is 0 Å². The minimum Gasteiger partial charge on any atom is -0.399 e. The number of nitrogens with two attached hydrogens (primary N) is 1. The molecule has 0 bridgehead atoms. The number of rotatable bonds is 8. The average molecular weight is 292 g/mol. The van der Waals surface area contributed by atoms with Gasteiger partial charge in [-0.25, -0.2) is 0 Å². The highest BCUT2D eigenvalue weighted by molar-refractivity contribution is 7.85. The van der Waals surface area contributed by atoms with Gasteiger partial charge in [0.05, 0.1) is 33.1 Å². The van der Waals surface area contributed by atoms with Gasteiger partial charge < -0.3 is 15.2 Å². The highest BCUT2D eigenvalue weighted by atomic mass is 35.5. The lowest BCUT2D eigenvalue weighted by molar-refractivity contribution is 0.112. The molecule has 1 unspecified atom stereocenters. The van der Waals surface area contributed by atoms with Crippen LogP contribution in [0, 0.1) is 0 Å². The summed E-state index contributed by atoms with van der Waals surface area (Å²) >= 11 is 5.97. The van der Waals surface area contributed by atoms with Gasteiger partial charge in [-0.3, -0.25) is 4.21 Å². The van der Waals surface area contributed by atoms with Crippen LogP contribution in [-0.2, 0) is 20.3 Å². The Morgan fingerprint density at radius 1 is 1.33 bits per heavy atom. The van der Waals surface area contributed by atoms with Crippen LogP contribution in [0.3, 0.4) is 0 Å². The molecular weight excluding hydrogens is 274 g/mol. The Bertz CT molecular complexity index is 401. The van der Waals surface area contributed by atoms with Gasteiger partial charge in [-0.05, 0) is 24.6 Å². The number of ether oxygens (including phenoxy) is 2. The molecule has 0 aliphatic rings. The number of halogens is 1. The van der Waals surface area contributed by atoms with Gasteiger partial charge >= 0.3 is 0 Å². The molecule has 0 saturated carbocycles. The summed E-state index contributed by atoms with van der Waals surface area (Å²) in [5.74, 6) is 0.413. The third kappa shape index (κ3) is 5.35. The smallest absolute Gasteiger partial charge is 0.0595 e. The summed E-state index contributed by atoms with van der Waals surface area (Å²) < 4.78 is 22.2. The zero-order chi connectivity index (χ0) is 13.4. The molecule has 102 valence electrons. The summed E-state index contributed by atoms with van der Waals surface area (Å²) in [6, 6.07) is 4.98. The van der Waals surface area contributed by atoms with Crippen molar-refractivity contribution in [2.45, 2.75) is 11.3 Å². The fraction of sp³-hybridized carbons (Fsp3) is 0.500. The van der Waals surface area contributed by atoms with E-state index in [2.05, 4.69) is 0 Å². The van der Waals surface area contributed by atoms with Gasteiger partial charge in [-0.2, -0.15) is 0 Å². The standard InChI is InChI=1S/C12H18ClNO3S/c1-16-5-2-6-17-7-8-18(15)12-9-10(14)3-4-11(12)13/h3-4,9H,2,5-8,14H2,1H3. The van der Waals surface area contributed by atoms with Crippen LogP contribution < -0.4 is 5.73 Å². The van der Waals surface area contributed by atoms with Gasteiger partial charge in [0, 0.05) is 26.0 Å². The van der Waals surface area contributed by atoms with E-state index < -0.39 is 10.8 Å². The minimum absolute atomic E-state index is 0.413. The lowest BCUT2D eigenvalue weighted by Gasteiger charge is -2.06. The van der Waals surface area contributed by atoms with Gasteiger partial charge in [-0.15, -0.1) is 0 Å². The van der Waals surface area contributed by atoms with E-state index in [1.807, 2.05) is 0 Å². The Morgan fingerprint density at radius 2 is 2.11 bits per heavy atom. The summed E-state index contributed by atoms with van der Waals surface area (Å²) in [6.07, 6.45) is 0.835. The maximum Gasteiger partial charge on any atom is 0.0595 e. The van der Waals surface area contributed by atoms with Crippen molar-refractivity contribution in [1.29, 1.82) is 0 Å². The van der Waals surface area contributed by atoms with Crippen molar-refractivity contribution in [3.05, 3.63) is 23.2 Å². The SMILES string of the molecule is COCCCOCCS(=O)c1cc(N)ccc1Cl. The van der Waals surface area contributed by atoms with Crippen molar-refractivity contribution in [2.75, 3.05) is 38.4 Å². The Kier molecular flexibility index (Phi) is 7.27. The fourth-order valence-electron chi connectivity index (χ4n) is 1.35. The van der Waals surface area contributed by atoms with Crippen LogP contribution in [0.2, 0.25) is 5.02 Å². The molecule has 0 heterocycles. The quantitative estimate of drug-likeness (QED) is 0.588. The molecule has 0 aliphatic carbocycles. The largest absolute Gasteiger partial charge is 0.399 e. The zero-order valence-corrected chi connectivity index (χ0v) is 11.9. The first kappa shape index (κ1) is 15.4. The van der Waals surface area contributed by atoms with Crippen molar-refractivity contribution in [3.63, 3.8) is 0 Å². The number of anilines is 1. The number of nitrogen functional groups attached to an aromatic ring is 1. The second-order valence-corrected chi connectivity index (χ2v) is 5.64. The first-order chi connectivity index (χ1) is 8.65. The molecule has 0 fully saturated rings. The summed E-state index contributed by atoms with van der Waals surface area (Å²) in [7, 11) is 0.469. The third-order valence-electron chi connectivity index (χ3n) is 2.25. The number of benzene rings is 1. The number of methoxy groups -OCH3 is 1. The van der Waals surface area contributed by atoms with E-state index in [0.29, 0.717) is 41.2 Å². The monoisotopic (exact) mass is 291 g/mol. The van der Waals surface area contributed by atoms with Crippen LogP contribution in [0.5, 0.6) is 0 Å². The summed E-state index contributed by atoms with van der Waals surface area (Å²) in [5.41, 5.74) is 6.20. The molecule has 1 atom stereocenters. The average Bonchev–Trinajstić information content (AvgIpc) is 2.36. The summed E-state index contributed by atoms with van der Waals surface area (Å²) in [6.45, 7) is 1.71. The van der Waals surface area contributed by atoms with Crippen molar-refractivity contribution in [3.8, 4) is 0 Å². The molecule has 18 heavy (non-hydrogen) atoms. The molecule has 0 saturated heterocycles. The molecule has 1 aromatic rings. The molecule has 0 aliphatic heterocycles. The molecule has 0 radical (unpaired) electrons. The van der Waals surface area contributed by atoms with Crippen molar-refractivity contribution in [1.82, 2.24) is 0 Å². The summed E-state index contributed by atoms with van der Waals surface area (Å²) in [4.78, 5) is 0.567. The predicted octanol–water partition coefficient (Wildman–Crippen LogP) is 2.08. The van der Waals surface area contributed by atoms with Gasteiger partial charge in [0.15, 0.2) is 0 Å². The van der Waals surface area contributed by atoms with Gasteiger partial charge in [0.25, 0.3) is 0 Å². The maximum atomic E-state index is 12.0. The molecular formula is C12H18ClNO3S. The molecule has 0 spiro atoms. The fourth-order valence-corrected chi connectivity index (χ4v) is 2.76. The van der Waals surface area contributed by atoms with Crippen LogP contribution in [0.4, 0.5) is 5.69 Å². The molecule has 0 aromatic heterocycles. The molecule has 4 nitrogen and oxygen atoms in total. The Morgan fingerprint density at radius 3 is 2.83 bits per heavy atom. The Hall–Kier alpha value is -0.620. The van der Waals surface area contributed by atoms with Gasteiger partial charge in [0.2, 0.25) is 0 Å². The van der Waals surface area contributed by atoms with E-state index in [1.165, 1.54) is 0 Å². The molecule has 6 heteroatoms. The molecule has 2 N–H and O–H groups in total. The third-order valence-corrected chi connectivity index (χ3v) is 4.06. The highest BCUT2D eigenvalue weighted by Crippen LogP contribution is 2.22. The van der Waals surface area contributed by atoms with E-state index in [4.69, 9.17) is 26.8 Å². The second-order valence-electron chi connectivity index (χ2n) is 3.70. The topological polar surface area (TPSA) is 61.5 Å². The lowest BCUT2D eigenvalue weighted by atomic mass is 10.3. The van der Waals surface area contributed by atoms with Crippen LogP contribution in [0.15, 0.2) is 23.1 Å². The number of hydrogen-bond donors (Lipinski definition) is 1. The van der Waals surface area contributed by atoms with E-state index in [0.717, 1.165) is 6.42 Å². The molecule has 1 aromatic carbocycles. The van der Waals surface area contributed by atoms with Crippen LogP contribution in [-0.4, -0.2) is 36.9 Å². The molecule has 0 amide bonds. The van der Waals surface area contributed by atoms with E-state index >= 15 is 0 Å². The van der Waals surface area contributed by atoms with Crippen molar-refractivity contribution < 1.29 is 13.7 Å². The van der Waals surface area contributed by atoms with Crippen LogP contribution in [0.1, 0.15) is 6.42 Å². The van der Waals surface area contributed by atoms with Crippen molar-refractivity contribution >= 4 is 28.1 Å². The van der Waals surface area contributed by atoms with Crippen LogP contribution in [0.25, 0.3) is 0 Å². The Labute approximate surface area is 115 Å². The maximum absolute atomic E-state index is 12.0. The normalized spacial score (nSPS) is 12.6. The van der Waals surface area contributed by atoms with Crippen LogP contribution >= 0.6 is 11.6 Å². The van der Waals surface area contributed by atoms with Gasteiger partial charge in [0.1, 0.15) is 0 Å². The minimum atomic E-state index is -1.18. The first-order valence-electron chi connectivity index (χ1n) is 5.65. The van der Waals surface area contributed by atoms with E-state index in [9.17, 15) is 4.21 Å². The highest BCUT2D eigenvalue weighted by Gasteiger charge is 2.09. The number of hydrogen-bond acceptors (Lipinski definition) is 4. The second kappa shape index (κ2) is 8.48. The van der Waals surface area contributed by atoms with E-state index in [1.54, 1.807) is 25.3 Å². The van der Waals surface area contributed by atoms with Gasteiger partial charge in [-0.1, -0.05) is 11.6 Å². The molecule has 1 rings (SSSR count). The first-order valence-corrected chi connectivity index (χ1v) is 7.35. The Balaban J connectivity index is 2.34.